The third-order valence-corrected chi connectivity index (χ3v) is 4.39. The lowest BCUT2D eigenvalue weighted by Crippen LogP contribution is -2.27. The van der Waals surface area contributed by atoms with Gasteiger partial charge < -0.3 is 5.32 Å². The van der Waals surface area contributed by atoms with Crippen LogP contribution >= 0.6 is 23.2 Å². The van der Waals surface area contributed by atoms with Crippen LogP contribution in [0.1, 0.15) is 12.0 Å². The van der Waals surface area contributed by atoms with Gasteiger partial charge in [0.05, 0.1) is 17.2 Å². The first-order valence-corrected chi connectivity index (χ1v) is 8.45. The maximum Gasteiger partial charge on any atom is 0.261 e. The number of hydrogen-bond acceptors (Lipinski definition) is 3. The van der Waals surface area contributed by atoms with Crippen molar-refractivity contribution in [2.24, 2.45) is 0 Å². The number of carbonyl (C=O) groups excluding carboxylic acids is 1. The van der Waals surface area contributed by atoms with Gasteiger partial charge in [0, 0.05) is 29.6 Å². The highest BCUT2D eigenvalue weighted by Crippen LogP contribution is 2.20. The molecule has 3 aromatic rings. The van der Waals surface area contributed by atoms with E-state index in [9.17, 15) is 9.59 Å². The number of amides is 1. The summed E-state index contributed by atoms with van der Waals surface area (Å²) in [5, 5.41) is 4.37. The van der Waals surface area contributed by atoms with Crippen molar-refractivity contribution in [3.63, 3.8) is 0 Å². The average Bonchev–Trinajstić information content (AvgIpc) is 2.60. The van der Waals surface area contributed by atoms with Gasteiger partial charge in [-0.15, -0.1) is 0 Å². The molecular weight excluding hydrogens is 361 g/mol. The maximum atomic E-state index is 12.4. The zero-order valence-corrected chi connectivity index (χ0v) is 14.7. The van der Waals surface area contributed by atoms with E-state index in [0.717, 1.165) is 5.56 Å². The van der Waals surface area contributed by atoms with E-state index < -0.39 is 0 Å². The van der Waals surface area contributed by atoms with E-state index in [1.54, 1.807) is 36.4 Å². The number of nitrogens with one attached hydrogen (secondary N) is 1. The summed E-state index contributed by atoms with van der Waals surface area (Å²) >= 11 is 11.9. The Labute approximate surface area is 154 Å². The van der Waals surface area contributed by atoms with Crippen LogP contribution in [0.25, 0.3) is 10.9 Å². The van der Waals surface area contributed by atoms with E-state index in [1.807, 2.05) is 6.07 Å². The van der Waals surface area contributed by atoms with E-state index in [0.29, 0.717) is 27.5 Å². The fourth-order valence-corrected chi connectivity index (χ4v) is 2.91. The average molecular weight is 376 g/mol. The van der Waals surface area contributed by atoms with Crippen molar-refractivity contribution >= 4 is 40.0 Å². The molecule has 1 N–H and O–H groups in total. The first kappa shape index (κ1) is 17.5. The first-order valence-electron chi connectivity index (χ1n) is 7.69. The summed E-state index contributed by atoms with van der Waals surface area (Å²) in [4.78, 5) is 28.6. The van der Waals surface area contributed by atoms with Crippen molar-refractivity contribution in [3.05, 3.63) is 74.8 Å². The number of rotatable bonds is 5. The minimum absolute atomic E-state index is 0.154. The van der Waals surface area contributed by atoms with Gasteiger partial charge in [-0.2, -0.15) is 0 Å². The molecule has 0 radical (unpaired) electrons. The Hall–Kier alpha value is -2.37. The van der Waals surface area contributed by atoms with Crippen LogP contribution in [0.3, 0.4) is 0 Å². The van der Waals surface area contributed by atoms with E-state index >= 15 is 0 Å². The highest BCUT2D eigenvalue weighted by Gasteiger charge is 2.07. The van der Waals surface area contributed by atoms with Crippen LogP contribution in [0.5, 0.6) is 0 Å². The summed E-state index contributed by atoms with van der Waals surface area (Å²) in [5.41, 5.74) is 1.27. The Morgan fingerprint density at radius 3 is 2.76 bits per heavy atom. The highest BCUT2D eigenvalue weighted by atomic mass is 35.5. The number of halogens is 2. The molecule has 0 saturated carbocycles. The predicted octanol–water partition coefficient (Wildman–Crippen LogP) is 3.41. The van der Waals surface area contributed by atoms with Gasteiger partial charge in [-0.25, -0.2) is 4.98 Å². The lowest BCUT2D eigenvalue weighted by Gasteiger charge is -2.09. The molecular formula is C18H15Cl2N3O2. The molecule has 3 rings (SSSR count). The van der Waals surface area contributed by atoms with Crippen molar-refractivity contribution in [1.29, 1.82) is 0 Å². The normalized spacial score (nSPS) is 10.8. The van der Waals surface area contributed by atoms with Crippen LogP contribution in [-0.4, -0.2) is 15.5 Å². The lowest BCUT2D eigenvalue weighted by atomic mass is 10.2. The summed E-state index contributed by atoms with van der Waals surface area (Å²) in [5.74, 6) is -0.175. The molecule has 0 saturated heterocycles. The monoisotopic (exact) mass is 375 g/mol. The number of aryl methyl sites for hydroxylation is 1. The molecule has 0 spiro atoms. The Bertz CT molecular complexity index is 985. The van der Waals surface area contributed by atoms with Crippen molar-refractivity contribution in [2.75, 3.05) is 0 Å². The molecule has 0 fully saturated rings. The van der Waals surface area contributed by atoms with Crippen LogP contribution in [0.2, 0.25) is 10.0 Å². The molecule has 5 nitrogen and oxygen atoms in total. The Morgan fingerprint density at radius 1 is 1.16 bits per heavy atom. The smallest absolute Gasteiger partial charge is 0.261 e. The van der Waals surface area contributed by atoms with Gasteiger partial charge in [0.2, 0.25) is 5.91 Å². The van der Waals surface area contributed by atoms with Gasteiger partial charge in [0.15, 0.2) is 0 Å². The van der Waals surface area contributed by atoms with Crippen molar-refractivity contribution in [3.8, 4) is 0 Å². The fourth-order valence-electron chi connectivity index (χ4n) is 2.43. The maximum absolute atomic E-state index is 12.4. The Kier molecular flexibility index (Phi) is 5.36. The van der Waals surface area contributed by atoms with E-state index in [4.69, 9.17) is 23.2 Å². The number of benzene rings is 2. The SMILES string of the molecule is O=C(CCn1cnc2ccccc2c1=O)NCc1ccc(Cl)cc1Cl. The molecule has 0 aliphatic rings. The molecule has 0 bridgehead atoms. The Balaban J connectivity index is 1.61. The summed E-state index contributed by atoms with van der Waals surface area (Å²) in [6.07, 6.45) is 1.64. The van der Waals surface area contributed by atoms with Crippen LogP contribution in [0.4, 0.5) is 0 Å². The predicted molar refractivity (Wildman–Crippen MR) is 98.9 cm³/mol. The molecule has 128 valence electrons. The van der Waals surface area contributed by atoms with Crippen LogP contribution in [0, 0.1) is 0 Å². The summed E-state index contributed by atoms with van der Waals surface area (Å²) in [6, 6.07) is 12.2. The van der Waals surface area contributed by atoms with Crippen LogP contribution < -0.4 is 10.9 Å². The number of fused-ring (bicyclic) bond motifs is 1. The largest absolute Gasteiger partial charge is 0.352 e. The second-order valence-corrected chi connectivity index (χ2v) is 6.37. The minimum atomic E-state index is -0.175. The van der Waals surface area contributed by atoms with Gasteiger partial charge in [-0.05, 0) is 29.8 Å². The van der Waals surface area contributed by atoms with Crippen molar-refractivity contribution < 1.29 is 4.79 Å². The van der Waals surface area contributed by atoms with Gasteiger partial charge in [-0.1, -0.05) is 41.4 Å². The minimum Gasteiger partial charge on any atom is -0.352 e. The number of hydrogen-bond donors (Lipinski definition) is 1. The lowest BCUT2D eigenvalue weighted by molar-refractivity contribution is -0.121. The number of nitrogens with zero attached hydrogens (tertiary/aromatic N) is 2. The van der Waals surface area contributed by atoms with E-state index in [1.165, 1.54) is 10.9 Å². The number of para-hydroxylation sites is 1. The summed E-state index contributed by atoms with van der Waals surface area (Å²) in [7, 11) is 0. The summed E-state index contributed by atoms with van der Waals surface area (Å²) < 4.78 is 1.44. The van der Waals surface area contributed by atoms with E-state index in [2.05, 4.69) is 10.3 Å². The van der Waals surface area contributed by atoms with Crippen LogP contribution in [0.15, 0.2) is 53.6 Å². The van der Waals surface area contributed by atoms with Gasteiger partial charge >= 0.3 is 0 Å². The Morgan fingerprint density at radius 2 is 1.96 bits per heavy atom. The third-order valence-electron chi connectivity index (χ3n) is 3.80. The molecule has 2 aromatic carbocycles. The van der Waals surface area contributed by atoms with Crippen molar-refractivity contribution in [2.45, 2.75) is 19.5 Å². The molecule has 0 atom stereocenters. The molecule has 7 heteroatoms. The molecule has 1 aromatic heterocycles. The summed E-state index contributed by atoms with van der Waals surface area (Å²) in [6.45, 7) is 0.566. The second kappa shape index (κ2) is 7.68. The standard InChI is InChI=1S/C18H15Cl2N3O2/c19-13-6-5-12(15(20)9-13)10-21-17(24)7-8-23-11-22-16-4-2-1-3-14(16)18(23)25/h1-6,9,11H,7-8,10H2,(H,21,24). The zero-order chi connectivity index (χ0) is 17.8. The molecule has 25 heavy (non-hydrogen) atoms. The third kappa shape index (κ3) is 4.18. The quantitative estimate of drug-likeness (QED) is 0.742. The van der Waals surface area contributed by atoms with Gasteiger partial charge in [-0.3, -0.25) is 14.2 Å². The molecule has 0 aliphatic heterocycles. The topological polar surface area (TPSA) is 64.0 Å². The fraction of sp³-hybridized carbons (Fsp3) is 0.167. The number of aromatic nitrogens is 2. The van der Waals surface area contributed by atoms with Gasteiger partial charge in [0.1, 0.15) is 0 Å². The number of carbonyl (C=O) groups is 1. The first-order chi connectivity index (χ1) is 12.0. The molecule has 0 unspecified atom stereocenters. The van der Waals surface area contributed by atoms with Crippen LogP contribution in [-0.2, 0) is 17.9 Å². The van der Waals surface area contributed by atoms with Gasteiger partial charge in [0.25, 0.3) is 5.56 Å². The molecule has 0 aliphatic carbocycles. The molecule has 1 amide bonds. The van der Waals surface area contributed by atoms with E-state index in [-0.39, 0.29) is 24.4 Å². The zero-order valence-electron chi connectivity index (χ0n) is 13.2. The van der Waals surface area contributed by atoms with Crippen molar-refractivity contribution in [1.82, 2.24) is 14.9 Å². The molecule has 1 heterocycles. The second-order valence-electron chi connectivity index (χ2n) is 5.52. The highest BCUT2D eigenvalue weighted by molar-refractivity contribution is 6.35.